The molecule has 1 aliphatic carbocycles. The van der Waals surface area contributed by atoms with Crippen molar-refractivity contribution in [2.45, 2.75) is 45.2 Å². The number of likely N-dealkylation sites (tertiary alicyclic amines) is 1. The summed E-state index contributed by atoms with van der Waals surface area (Å²) >= 11 is 0. The molecule has 0 radical (unpaired) electrons. The number of aryl methyl sites for hydroxylation is 2. The lowest BCUT2D eigenvalue weighted by Crippen LogP contribution is -2.35. The monoisotopic (exact) mass is 349 g/mol. The molecule has 1 saturated heterocycles. The number of aromatic nitrogens is 1. The van der Waals surface area contributed by atoms with Gasteiger partial charge in [-0.15, -0.1) is 0 Å². The third-order valence-corrected chi connectivity index (χ3v) is 5.73. The van der Waals surface area contributed by atoms with Crippen molar-refractivity contribution in [3.05, 3.63) is 66.0 Å². The van der Waals surface area contributed by atoms with Crippen molar-refractivity contribution in [3.8, 4) is 0 Å². The predicted molar refractivity (Wildman–Crippen MR) is 97.8 cm³/mol. The van der Waals surface area contributed by atoms with Crippen LogP contribution >= 0.6 is 0 Å². The van der Waals surface area contributed by atoms with Crippen LogP contribution in [0.25, 0.3) is 0 Å². The Bertz CT molecular complexity index is 762. The smallest absolute Gasteiger partial charge is 0.233 e. The number of fused-ring (bicyclic) bond motifs is 1. The Kier molecular flexibility index (Phi) is 4.83. The second-order valence-electron chi connectivity index (χ2n) is 7.44. The lowest BCUT2D eigenvalue weighted by molar-refractivity contribution is -0.696. The van der Waals surface area contributed by atoms with Crippen LogP contribution in [0.5, 0.6) is 0 Å². The van der Waals surface area contributed by atoms with E-state index < -0.39 is 0 Å². The Morgan fingerprint density at radius 2 is 1.46 bits per heavy atom. The number of hydrogen-bond acceptors (Lipinski definition) is 2. The maximum absolute atomic E-state index is 12.6. The second kappa shape index (κ2) is 7.40. The number of carbonyl (C=O) groups is 2. The molecule has 0 bridgehead atoms. The van der Waals surface area contributed by atoms with Gasteiger partial charge in [0.15, 0.2) is 18.9 Å². The zero-order chi connectivity index (χ0) is 17.9. The summed E-state index contributed by atoms with van der Waals surface area (Å²) in [6.07, 6.45) is 8.95. The van der Waals surface area contributed by atoms with Gasteiger partial charge in [0.2, 0.25) is 11.8 Å². The Morgan fingerprint density at radius 1 is 0.846 bits per heavy atom. The summed E-state index contributed by atoms with van der Waals surface area (Å²) in [7, 11) is 0. The van der Waals surface area contributed by atoms with Gasteiger partial charge in [-0.2, -0.15) is 0 Å². The molecule has 2 atom stereocenters. The highest BCUT2D eigenvalue weighted by atomic mass is 16.2. The number of pyridine rings is 1. The molecular formula is C22H25N2O2+. The van der Waals surface area contributed by atoms with Crippen molar-refractivity contribution in [2.75, 3.05) is 0 Å². The fourth-order valence-electron chi connectivity index (χ4n) is 4.21. The van der Waals surface area contributed by atoms with E-state index in [4.69, 9.17) is 0 Å². The Morgan fingerprint density at radius 3 is 2.08 bits per heavy atom. The van der Waals surface area contributed by atoms with E-state index in [9.17, 15) is 9.59 Å². The van der Waals surface area contributed by atoms with Crippen molar-refractivity contribution >= 4 is 11.8 Å². The SMILES string of the molecule is O=C1[C@H]2CCCC[C@H]2C(=O)N1Cc1cc[n+](CCc2ccccc2)cc1. The second-order valence-corrected chi connectivity index (χ2v) is 7.44. The highest BCUT2D eigenvalue weighted by Crippen LogP contribution is 2.38. The lowest BCUT2D eigenvalue weighted by Gasteiger charge is -2.19. The van der Waals surface area contributed by atoms with Crippen LogP contribution in [-0.2, 0) is 29.1 Å². The number of carbonyl (C=O) groups excluding carboxylic acids is 2. The van der Waals surface area contributed by atoms with Gasteiger partial charge >= 0.3 is 0 Å². The van der Waals surface area contributed by atoms with Gasteiger partial charge in [-0.1, -0.05) is 43.2 Å². The zero-order valence-electron chi connectivity index (χ0n) is 15.0. The topological polar surface area (TPSA) is 41.3 Å². The minimum atomic E-state index is -0.0595. The first-order chi connectivity index (χ1) is 12.7. The molecule has 4 heteroatoms. The van der Waals surface area contributed by atoms with Crippen LogP contribution in [0.3, 0.4) is 0 Å². The van der Waals surface area contributed by atoms with E-state index in [0.29, 0.717) is 6.54 Å². The normalized spacial score (nSPS) is 22.5. The highest BCUT2D eigenvalue weighted by Gasteiger charge is 2.47. The van der Waals surface area contributed by atoms with Gasteiger partial charge in [0.05, 0.1) is 18.4 Å². The molecule has 0 unspecified atom stereocenters. The van der Waals surface area contributed by atoms with Gasteiger partial charge in [0.1, 0.15) is 0 Å². The molecule has 0 spiro atoms. The average Bonchev–Trinajstić information content (AvgIpc) is 2.93. The molecule has 26 heavy (non-hydrogen) atoms. The summed E-state index contributed by atoms with van der Waals surface area (Å²) in [6, 6.07) is 14.5. The Hall–Kier alpha value is -2.49. The molecule has 4 rings (SSSR count). The maximum Gasteiger partial charge on any atom is 0.233 e. The number of nitrogens with zero attached hydrogens (tertiary/aromatic N) is 2. The quantitative estimate of drug-likeness (QED) is 0.615. The first-order valence-corrected chi connectivity index (χ1v) is 9.59. The summed E-state index contributed by atoms with van der Waals surface area (Å²) in [6.45, 7) is 1.32. The maximum atomic E-state index is 12.6. The summed E-state index contributed by atoms with van der Waals surface area (Å²) < 4.78 is 2.14. The van der Waals surface area contributed by atoms with E-state index in [1.807, 2.05) is 30.6 Å². The van der Waals surface area contributed by atoms with Crippen LogP contribution in [0.15, 0.2) is 54.9 Å². The van der Waals surface area contributed by atoms with Crippen molar-refractivity contribution in [1.82, 2.24) is 4.90 Å². The molecule has 2 aromatic rings. The third-order valence-electron chi connectivity index (χ3n) is 5.73. The van der Waals surface area contributed by atoms with Crippen molar-refractivity contribution < 1.29 is 14.2 Å². The first-order valence-electron chi connectivity index (χ1n) is 9.59. The molecule has 1 aliphatic heterocycles. The zero-order valence-corrected chi connectivity index (χ0v) is 15.0. The molecule has 0 N–H and O–H groups in total. The van der Waals surface area contributed by atoms with Crippen molar-refractivity contribution in [2.24, 2.45) is 11.8 Å². The molecule has 2 aliphatic rings. The van der Waals surface area contributed by atoms with Gasteiger partial charge in [0.25, 0.3) is 0 Å². The van der Waals surface area contributed by atoms with Crippen LogP contribution in [0.1, 0.15) is 36.8 Å². The molecule has 1 saturated carbocycles. The highest BCUT2D eigenvalue weighted by molar-refractivity contribution is 6.05. The van der Waals surface area contributed by atoms with Crippen LogP contribution in [0.2, 0.25) is 0 Å². The number of benzene rings is 1. The van der Waals surface area contributed by atoms with Gasteiger partial charge in [-0.3, -0.25) is 14.5 Å². The van der Waals surface area contributed by atoms with E-state index >= 15 is 0 Å². The van der Waals surface area contributed by atoms with E-state index in [0.717, 1.165) is 44.2 Å². The minimum Gasteiger partial charge on any atom is -0.278 e. The number of hydrogen-bond donors (Lipinski definition) is 0. The van der Waals surface area contributed by atoms with Crippen LogP contribution in [0, 0.1) is 11.8 Å². The summed E-state index contributed by atoms with van der Waals surface area (Å²) in [5.74, 6) is -0.0347. The fraction of sp³-hybridized carbons (Fsp3) is 0.409. The lowest BCUT2D eigenvalue weighted by atomic mass is 9.81. The van der Waals surface area contributed by atoms with Gasteiger partial charge in [0, 0.05) is 18.6 Å². The van der Waals surface area contributed by atoms with E-state index in [1.54, 1.807) is 0 Å². The molecule has 2 amide bonds. The van der Waals surface area contributed by atoms with E-state index in [1.165, 1.54) is 10.5 Å². The molecule has 4 nitrogen and oxygen atoms in total. The van der Waals surface area contributed by atoms with Gasteiger partial charge < -0.3 is 0 Å². The first kappa shape index (κ1) is 17.0. The molecule has 1 aromatic carbocycles. The van der Waals surface area contributed by atoms with Crippen LogP contribution < -0.4 is 4.57 Å². The number of rotatable bonds is 5. The number of amides is 2. The third kappa shape index (κ3) is 3.41. The number of imide groups is 1. The molecule has 134 valence electrons. The summed E-state index contributed by atoms with van der Waals surface area (Å²) in [4.78, 5) is 26.7. The average molecular weight is 349 g/mol. The fourth-order valence-corrected chi connectivity index (χ4v) is 4.21. The summed E-state index contributed by atoms with van der Waals surface area (Å²) in [5.41, 5.74) is 2.33. The molecular weight excluding hydrogens is 324 g/mol. The summed E-state index contributed by atoms with van der Waals surface area (Å²) in [5, 5.41) is 0. The van der Waals surface area contributed by atoms with Gasteiger partial charge in [-0.25, -0.2) is 4.57 Å². The van der Waals surface area contributed by atoms with E-state index in [2.05, 4.69) is 28.8 Å². The molecule has 2 fully saturated rings. The van der Waals surface area contributed by atoms with Crippen molar-refractivity contribution in [3.63, 3.8) is 0 Å². The molecule has 2 heterocycles. The minimum absolute atomic E-state index is 0.0421. The van der Waals surface area contributed by atoms with Gasteiger partial charge in [-0.05, 0) is 24.0 Å². The predicted octanol–water partition coefficient (Wildman–Crippen LogP) is 2.89. The largest absolute Gasteiger partial charge is 0.278 e. The van der Waals surface area contributed by atoms with Crippen LogP contribution in [0.4, 0.5) is 0 Å². The Balaban J connectivity index is 1.38. The van der Waals surface area contributed by atoms with Crippen LogP contribution in [-0.4, -0.2) is 16.7 Å². The Labute approximate surface area is 154 Å². The standard InChI is InChI=1S/C22H25N2O2/c25-21-19-8-4-5-9-20(19)22(26)24(21)16-18-11-14-23(15-12-18)13-10-17-6-2-1-3-7-17/h1-3,6-7,11-12,14-15,19-20H,4-5,8-10,13,16H2/q+1/t19-,20+. The molecule has 1 aromatic heterocycles. The van der Waals surface area contributed by atoms with E-state index in [-0.39, 0.29) is 23.7 Å². The van der Waals surface area contributed by atoms with Crippen molar-refractivity contribution in [1.29, 1.82) is 0 Å².